The predicted molar refractivity (Wildman–Crippen MR) is 106 cm³/mol. The van der Waals surface area contributed by atoms with Crippen molar-refractivity contribution in [1.82, 2.24) is 19.9 Å². The van der Waals surface area contributed by atoms with E-state index >= 15 is 0 Å². The van der Waals surface area contributed by atoms with Crippen molar-refractivity contribution in [3.8, 4) is 11.4 Å². The second kappa shape index (κ2) is 7.64. The minimum absolute atomic E-state index is 0.129. The van der Waals surface area contributed by atoms with E-state index in [1.54, 1.807) is 12.4 Å². The maximum atomic E-state index is 12.3. The van der Waals surface area contributed by atoms with Crippen LogP contribution in [0.5, 0.6) is 0 Å². The van der Waals surface area contributed by atoms with Gasteiger partial charge in [0.25, 0.3) is 0 Å². The Morgan fingerprint density at radius 1 is 1.19 bits per heavy atom. The van der Waals surface area contributed by atoms with Gasteiger partial charge in [0.15, 0.2) is 15.7 Å². The molecule has 0 saturated carbocycles. The summed E-state index contributed by atoms with van der Waals surface area (Å²) in [4.78, 5) is 15.8. The highest BCUT2D eigenvalue weighted by Gasteiger charge is 2.29. The summed E-state index contributed by atoms with van der Waals surface area (Å²) in [6.07, 6.45) is 7.89. The molecule has 2 aromatic rings. The standard InChI is InChI=1S/C20H28N4O2S/c1-20(2,3)14-24-10-7-15(8-11-24)18-17(27(4,25)26)13-22-19(23-18)16-6-5-9-21-12-16/h5-6,9,12-13,15H,7-8,10-11,14H2,1-4H3. The fourth-order valence-corrected chi connectivity index (χ4v) is 4.47. The Morgan fingerprint density at radius 2 is 1.89 bits per heavy atom. The highest BCUT2D eigenvalue weighted by atomic mass is 32.2. The first-order valence-electron chi connectivity index (χ1n) is 9.33. The zero-order valence-electron chi connectivity index (χ0n) is 16.5. The van der Waals surface area contributed by atoms with Gasteiger partial charge in [0.1, 0.15) is 4.90 Å². The molecule has 0 aromatic carbocycles. The zero-order chi connectivity index (χ0) is 19.7. The molecule has 146 valence electrons. The molecule has 1 saturated heterocycles. The van der Waals surface area contributed by atoms with Gasteiger partial charge in [0, 0.05) is 42.9 Å². The van der Waals surface area contributed by atoms with Crippen molar-refractivity contribution in [3.05, 3.63) is 36.4 Å². The molecular weight excluding hydrogens is 360 g/mol. The van der Waals surface area contributed by atoms with E-state index in [4.69, 9.17) is 0 Å². The molecule has 1 aliphatic heterocycles. The maximum absolute atomic E-state index is 12.3. The minimum Gasteiger partial charge on any atom is -0.303 e. The van der Waals surface area contributed by atoms with Crippen LogP contribution in [-0.2, 0) is 9.84 Å². The van der Waals surface area contributed by atoms with E-state index < -0.39 is 9.84 Å². The first-order valence-corrected chi connectivity index (χ1v) is 11.2. The van der Waals surface area contributed by atoms with Crippen LogP contribution in [0, 0.1) is 5.41 Å². The number of rotatable bonds is 4. The second-order valence-corrected chi connectivity index (χ2v) is 10.6. The average Bonchev–Trinajstić information content (AvgIpc) is 2.60. The SMILES string of the molecule is CC(C)(C)CN1CCC(c2nc(-c3cccnc3)ncc2S(C)(=O)=O)CC1. The number of hydrogen-bond acceptors (Lipinski definition) is 6. The maximum Gasteiger partial charge on any atom is 0.178 e. The summed E-state index contributed by atoms with van der Waals surface area (Å²) < 4.78 is 24.6. The molecule has 6 nitrogen and oxygen atoms in total. The van der Waals surface area contributed by atoms with Crippen molar-refractivity contribution in [2.45, 2.75) is 44.4 Å². The topological polar surface area (TPSA) is 76.1 Å². The van der Waals surface area contributed by atoms with E-state index in [0.29, 0.717) is 11.5 Å². The first kappa shape index (κ1) is 19.9. The molecule has 7 heteroatoms. The van der Waals surface area contributed by atoms with Crippen LogP contribution >= 0.6 is 0 Å². The van der Waals surface area contributed by atoms with Crippen LogP contribution in [0.1, 0.15) is 45.2 Å². The minimum atomic E-state index is -3.38. The lowest BCUT2D eigenvalue weighted by molar-refractivity contribution is 0.153. The largest absolute Gasteiger partial charge is 0.303 e. The molecule has 0 N–H and O–H groups in total. The lowest BCUT2D eigenvalue weighted by Crippen LogP contribution is -2.38. The Labute approximate surface area is 162 Å². The van der Waals surface area contributed by atoms with Gasteiger partial charge in [0.2, 0.25) is 0 Å². The fourth-order valence-electron chi connectivity index (χ4n) is 3.63. The van der Waals surface area contributed by atoms with Crippen LogP contribution in [0.2, 0.25) is 0 Å². The number of likely N-dealkylation sites (tertiary alicyclic amines) is 1. The fraction of sp³-hybridized carbons (Fsp3) is 0.550. The molecule has 3 rings (SSSR count). The molecule has 0 amide bonds. The Kier molecular flexibility index (Phi) is 5.63. The van der Waals surface area contributed by atoms with Crippen LogP contribution in [0.15, 0.2) is 35.6 Å². The average molecular weight is 389 g/mol. The Balaban J connectivity index is 1.89. The third-order valence-electron chi connectivity index (χ3n) is 4.77. The summed E-state index contributed by atoms with van der Waals surface area (Å²) in [5.41, 5.74) is 1.71. The summed E-state index contributed by atoms with van der Waals surface area (Å²) in [5, 5.41) is 0. The number of hydrogen-bond donors (Lipinski definition) is 0. The number of pyridine rings is 1. The quantitative estimate of drug-likeness (QED) is 0.801. The summed E-state index contributed by atoms with van der Waals surface area (Å²) in [6, 6.07) is 3.71. The molecule has 0 atom stereocenters. The Bertz CT molecular complexity index is 884. The van der Waals surface area contributed by atoms with Gasteiger partial charge < -0.3 is 4.90 Å². The highest BCUT2D eigenvalue weighted by Crippen LogP contribution is 2.33. The Morgan fingerprint density at radius 3 is 2.44 bits per heavy atom. The van der Waals surface area contributed by atoms with Gasteiger partial charge in [-0.15, -0.1) is 0 Å². The van der Waals surface area contributed by atoms with Crippen molar-refractivity contribution < 1.29 is 8.42 Å². The van der Waals surface area contributed by atoms with Crippen LogP contribution < -0.4 is 0 Å². The van der Waals surface area contributed by atoms with E-state index in [1.807, 2.05) is 12.1 Å². The molecule has 2 aromatic heterocycles. The van der Waals surface area contributed by atoms with Crippen molar-refractivity contribution in [2.24, 2.45) is 5.41 Å². The number of aromatic nitrogens is 3. The molecule has 1 aliphatic rings. The molecule has 0 aliphatic carbocycles. The first-order chi connectivity index (χ1) is 12.6. The van der Waals surface area contributed by atoms with Crippen molar-refractivity contribution >= 4 is 9.84 Å². The van der Waals surface area contributed by atoms with Gasteiger partial charge in [-0.2, -0.15) is 0 Å². The van der Waals surface area contributed by atoms with Gasteiger partial charge >= 0.3 is 0 Å². The summed E-state index contributed by atoms with van der Waals surface area (Å²) in [5.74, 6) is 0.659. The number of sulfone groups is 1. The number of piperidine rings is 1. The number of nitrogens with zero attached hydrogens (tertiary/aromatic N) is 4. The lowest BCUT2D eigenvalue weighted by atomic mass is 9.90. The monoisotopic (exact) mass is 388 g/mol. The molecule has 0 unspecified atom stereocenters. The summed E-state index contributed by atoms with van der Waals surface area (Å²) >= 11 is 0. The van der Waals surface area contributed by atoms with E-state index in [-0.39, 0.29) is 16.2 Å². The van der Waals surface area contributed by atoms with Crippen LogP contribution in [0.3, 0.4) is 0 Å². The van der Waals surface area contributed by atoms with Gasteiger partial charge in [-0.3, -0.25) is 4.98 Å². The summed E-state index contributed by atoms with van der Waals surface area (Å²) in [7, 11) is -3.38. The zero-order valence-corrected chi connectivity index (χ0v) is 17.3. The van der Waals surface area contributed by atoms with Gasteiger partial charge in [-0.1, -0.05) is 20.8 Å². The van der Waals surface area contributed by atoms with Crippen LogP contribution in [0.25, 0.3) is 11.4 Å². The van der Waals surface area contributed by atoms with E-state index in [9.17, 15) is 8.42 Å². The molecule has 1 fully saturated rings. The van der Waals surface area contributed by atoms with E-state index in [0.717, 1.165) is 38.0 Å². The van der Waals surface area contributed by atoms with Crippen molar-refractivity contribution in [3.63, 3.8) is 0 Å². The highest BCUT2D eigenvalue weighted by molar-refractivity contribution is 7.90. The van der Waals surface area contributed by atoms with E-state index in [2.05, 4.69) is 40.6 Å². The van der Waals surface area contributed by atoms with Crippen LogP contribution in [-0.4, -0.2) is 54.2 Å². The molecular formula is C20H28N4O2S. The summed E-state index contributed by atoms with van der Waals surface area (Å²) in [6.45, 7) is 9.68. The van der Waals surface area contributed by atoms with Crippen molar-refractivity contribution in [1.29, 1.82) is 0 Å². The van der Waals surface area contributed by atoms with Crippen molar-refractivity contribution in [2.75, 3.05) is 25.9 Å². The third-order valence-corrected chi connectivity index (χ3v) is 5.89. The molecule has 27 heavy (non-hydrogen) atoms. The Hall–Kier alpha value is -1.86. The molecule has 0 radical (unpaired) electrons. The van der Waals surface area contributed by atoms with Gasteiger partial charge in [-0.25, -0.2) is 18.4 Å². The third kappa shape index (κ3) is 5.11. The van der Waals surface area contributed by atoms with Crippen LogP contribution in [0.4, 0.5) is 0 Å². The molecule has 0 bridgehead atoms. The second-order valence-electron chi connectivity index (χ2n) is 8.57. The van der Waals surface area contributed by atoms with E-state index in [1.165, 1.54) is 12.5 Å². The molecule has 0 spiro atoms. The smallest absolute Gasteiger partial charge is 0.178 e. The lowest BCUT2D eigenvalue weighted by Gasteiger charge is -2.36. The van der Waals surface area contributed by atoms with Gasteiger partial charge in [-0.05, 0) is 43.5 Å². The molecule has 3 heterocycles. The normalized spacial score (nSPS) is 17.2. The van der Waals surface area contributed by atoms with Gasteiger partial charge in [0.05, 0.1) is 5.69 Å². The predicted octanol–water partition coefficient (Wildman–Crippen LogP) is 3.17.